The van der Waals surface area contributed by atoms with Crippen molar-refractivity contribution >= 4 is 15.7 Å². The maximum Gasteiger partial charge on any atom is 0.243 e. The average Bonchev–Trinajstić information content (AvgIpc) is 2.38. The van der Waals surface area contributed by atoms with Crippen molar-refractivity contribution in [3.8, 4) is 0 Å². The van der Waals surface area contributed by atoms with Crippen LogP contribution >= 0.6 is 0 Å². The van der Waals surface area contributed by atoms with Crippen LogP contribution in [0.5, 0.6) is 0 Å². The largest absolute Gasteiger partial charge is 0.398 e. The van der Waals surface area contributed by atoms with Crippen molar-refractivity contribution in [1.29, 1.82) is 0 Å². The number of anilines is 1. The van der Waals surface area contributed by atoms with Crippen molar-refractivity contribution in [2.75, 3.05) is 5.73 Å². The Labute approximate surface area is 122 Å². The number of nitrogen functional groups attached to an aromatic ring is 1. The van der Waals surface area contributed by atoms with E-state index in [9.17, 15) is 8.42 Å². The molecule has 0 bridgehead atoms. The molecule has 1 saturated heterocycles. The Morgan fingerprint density at radius 2 is 1.85 bits per heavy atom. The van der Waals surface area contributed by atoms with Gasteiger partial charge in [0.05, 0.1) is 4.90 Å². The van der Waals surface area contributed by atoms with E-state index in [2.05, 4.69) is 0 Å². The second kappa shape index (κ2) is 5.74. The third-order valence-corrected chi connectivity index (χ3v) is 6.31. The van der Waals surface area contributed by atoms with E-state index in [0.717, 1.165) is 31.2 Å². The minimum Gasteiger partial charge on any atom is -0.398 e. The number of aryl methyl sites for hydroxylation is 1. The van der Waals surface area contributed by atoms with Gasteiger partial charge in [-0.25, -0.2) is 8.42 Å². The lowest BCUT2D eigenvalue weighted by atomic mass is 10.0. The predicted octanol–water partition coefficient (Wildman–Crippen LogP) is 2.78. The fourth-order valence-electron chi connectivity index (χ4n) is 3.05. The van der Waals surface area contributed by atoms with Gasteiger partial charge < -0.3 is 5.73 Å². The summed E-state index contributed by atoms with van der Waals surface area (Å²) in [7, 11) is -3.45. The Hall–Kier alpha value is -1.07. The molecule has 2 rings (SSSR count). The molecule has 1 fully saturated rings. The summed E-state index contributed by atoms with van der Waals surface area (Å²) in [4.78, 5) is 0.313. The van der Waals surface area contributed by atoms with Crippen molar-refractivity contribution in [1.82, 2.24) is 4.31 Å². The summed E-state index contributed by atoms with van der Waals surface area (Å²) in [6.07, 6.45) is 3.74. The number of benzene rings is 1. The highest BCUT2D eigenvalue weighted by atomic mass is 32.2. The maximum absolute atomic E-state index is 12.8. The van der Waals surface area contributed by atoms with Crippen LogP contribution < -0.4 is 5.73 Å². The molecule has 0 radical (unpaired) electrons. The van der Waals surface area contributed by atoms with E-state index in [4.69, 9.17) is 5.73 Å². The van der Waals surface area contributed by atoms with Crippen molar-refractivity contribution in [2.24, 2.45) is 0 Å². The van der Waals surface area contributed by atoms with E-state index in [-0.39, 0.29) is 12.1 Å². The molecule has 1 aromatic carbocycles. The summed E-state index contributed by atoms with van der Waals surface area (Å²) in [5.41, 5.74) is 7.49. The van der Waals surface area contributed by atoms with Crippen LogP contribution in [0.1, 0.15) is 45.6 Å². The Kier molecular flexibility index (Phi) is 4.39. The van der Waals surface area contributed by atoms with Crippen LogP contribution in [0, 0.1) is 0 Å². The summed E-state index contributed by atoms with van der Waals surface area (Å²) >= 11 is 0. The monoisotopic (exact) mass is 296 g/mol. The smallest absolute Gasteiger partial charge is 0.243 e. The van der Waals surface area contributed by atoms with E-state index >= 15 is 0 Å². The van der Waals surface area contributed by atoms with Crippen LogP contribution in [0.15, 0.2) is 23.1 Å². The van der Waals surface area contributed by atoms with E-state index in [1.54, 1.807) is 16.4 Å². The van der Waals surface area contributed by atoms with Gasteiger partial charge in [-0.2, -0.15) is 4.31 Å². The standard InChI is InChI=1S/C15H24N2O2S/c1-4-13-8-9-14(10-15(13)16)20(18,19)17-11(2)6-5-7-12(17)3/h8-12H,4-7,16H2,1-3H3/t11-,12+. The van der Waals surface area contributed by atoms with Crippen LogP contribution in [0.2, 0.25) is 0 Å². The fraction of sp³-hybridized carbons (Fsp3) is 0.600. The molecule has 1 aliphatic heterocycles. The van der Waals surface area contributed by atoms with Crippen molar-refractivity contribution in [2.45, 2.75) is 63.4 Å². The topological polar surface area (TPSA) is 63.4 Å². The number of hydrogen-bond donors (Lipinski definition) is 1. The number of sulfonamides is 1. The molecule has 20 heavy (non-hydrogen) atoms. The molecule has 112 valence electrons. The molecule has 5 heteroatoms. The molecule has 0 unspecified atom stereocenters. The van der Waals surface area contributed by atoms with Crippen LogP contribution in [0.25, 0.3) is 0 Å². The number of piperidine rings is 1. The minimum atomic E-state index is -3.45. The third-order valence-electron chi connectivity index (χ3n) is 4.19. The average molecular weight is 296 g/mol. The number of rotatable bonds is 3. The first kappa shape index (κ1) is 15.3. The van der Waals surface area contributed by atoms with Gasteiger partial charge in [0.1, 0.15) is 0 Å². The fourth-order valence-corrected chi connectivity index (χ4v) is 4.97. The molecule has 2 N–H and O–H groups in total. The van der Waals surface area contributed by atoms with Gasteiger partial charge in [-0.15, -0.1) is 0 Å². The maximum atomic E-state index is 12.8. The zero-order valence-corrected chi connectivity index (χ0v) is 13.3. The second-order valence-electron chi connectivity index (χ2n) is 5.68. The van der Waals surface area contributed by atoms with Crippen LogP contribution in [-0.2, 0) is 16.4 Å². The molecule has 1 aromatic rings. The molecular weight excluding hydrogens is 272 g/mol. The normalized spacial score (nSPS) is 24.8. The predicted molar refractivity (Wildman–Crippen MR) is 82.0 cm³/mol. The summed E-state index contributed by atoms with van der Waals surface area (Å²) < 4.78 is 27.3. The quantitative estimate of drug-likeness (QED) is 0.872. The van der Waals surface area contributed by atoms with Crippen molar-refractivity contribution < 1.29 is 8.42 Å². The van der Waals surface area contributed by atoms with Gasteiger partial charge in [0, 0.05) is 17.8 Å². The van der Waals surface area contributed by atoms with E-state index < -0.39 is 10.0 Å². The van der Waals surface area contributed by atoms with Gasteiger partial charge in [-0.1, -0.05) is 19.4 Å². The van der Waals surface area contributed by atoms with E-state index in [1.807, 2.05) is 26.8 Å². The molecule has 0 spiro atoms. The van der Waals surface area contributed by atoms with Crippen LogP contribution in [0.4, 0.5) is 5.69 Å². The molecule has 0 amide bonds. The zero-order chi connectivity index (χ0) is 14.9. The molecular formula is C15H24N2O2S. The number of hydrogen-bond acceptors (Lipinski definition) is 3. The van der Waals surface area contributed by atoms with Crippen LogP contribution in [0.3, 0.4) is 0 Å². The molecule has 2 atom stereocenters. The van der Waals surface area contributed by atoms with Gasteiger partial charge in [-0.3, -0.25) is 0 Å². The number of nitrogens with zero attached hydrogens (tertiary/aromatic N) is 1. The van der Waals surface area contributed by atoms with Crippen molar-refractivity contribution in [3.05, 3.63) is 23.8 Å². The lowest BCUT2D eigenvalue weighted by Gasteiger charge is -2.37. The Bertz CT molecular complexity index is 574. The highest BCUT2D eigenvalue weighted by Gasteiger charge is 2.35. The summed E-state index contributed by atoms with van der Waals surface area (Å²) in [6, 6.07) is 5.20. The Balaban J connectivity index is 2.41. The van der Waals surface area contributed by atoms with Gasteiger partial charge >= 0.3 is 0 Å². The molecule has 0 saturated carbocycles. The number of nitrogens with two attached hydrogens (primary N) is 1. The molecule has 4 nitrogen and oxygen atoms in total. The zero-order valence-electron chi connectivity index (χ0n) is 12.5. The summed E-state index contributed by atoms with van der Waals surface area (Å²) in [5, 5.41) is 0. The van der Waals surface area contributed by atoms with Gasteiger partial charge in [0.25, 0.3) is 0 Å². The van der Waals surface area contributed by atoms with Gasteiger partial charge in [-0.05, 0) is 50.8 Å². The SMILES string of the molecule is CCc1ccc(S(=O)(=O)N2[C@H](C)CCC[C@@H]2C)cc1N. The van der Waals surface area contributed by atoms with E-state index in [1.165, 1.54) is 0 Å². The first-order valence-corrected chi connectivity index (χ1v) is 8.74. The van der Waals surface area contributed by atoms with Crippen LogP contribution in [-0.4, -0.2) is 24.8 Å². The lowest BCUT2D eigenvalue weighted by Crippen LogP contribution is -2.47. The molecule has 0 aromatic heterocycles. The Morgan fingerprint density at radius 3 is 2.35 bits per heavy atom. The minimum absolute atomic E-state index is 0.0517. The van der Waals surface area contributed by atoms with Crippen molar-refractivity contribution in [3.63, 3.8) is 0 Å². The highest BCUT2D eigenvalue weighted by molar-refractivity contribution is 7.89. The lowest BCUT2D eigenvalue weighted by molar-refractivity contribution is 0.204. The Morgan fingerprint density at radius 1 is 1.25 bits per heavy atom. The summed E-state index contributed by atoms with van der Waals surface area (Å²) in [6.45, 7) is 5.97. The summed E-state index contributed by atoms with van der Waals surface area (Å²) in [5.74, 6) is 0. The van der Waals surface area contributed by atoms with Gasteiger partial charge in [0.2, 0.25) is 10.0 Å². The second-order valence-corrected chi connectivity index (χ2v) is 7.52. The van der Waals surface area contributed by atoms with Gasteiger partial charge in [0.15, 0.2) is 0 Å². The van der Waals surface area contributed by atoms with E-state index in [0.29, 0.717) is 10.6 Å². The molecule has 1 aliphatic rings. The first-order chi connectivity index (χ1) is 9.37. The highest BCUT2D eigenvalue weighted by Crippen LogP contribution is 2.30. The third kappa shape index (κ3) is 2.69. The first-order valence-electron chi connectivity index (χ1n) is 7.29. The molecule has 0 aliphatic carbocycles. The molecule has 1 heterocycles.